The van der Waals surface area contributed by atoms with Crippen molar-refractivity contribution in [3.8, 4) is 5.88 Å². The van der Waals surface area contributed by atoms with Crippen LogP contribution in [-0.4, -0.2) is 34.8 Å². The van der Waals surface area contributed by atoms with Gasteiger partial charge in [0.05, 0.1) is 0 Å². The minimum Gasteiger partial charge on any atom is -0.480 e. The summed E-state index contributed by atoms with van der Waals surface area (Å²) in [6, 6.07) is 3.23. The number of aryl methyl sites for hydroxylation is 1. The molecular formula is C11H14N2O3. The van der Waals surface area contributed by atoms with E-state index in [4.69, 9.17) is 9.84 Å². The Morgan fingerprint density at radius 1 is 1.69 bits per heavy atom. The minimum absolute atomic E-state index is 0.115. The van der Waals surface area contributed by atoms with Crippen molar-refractivity contribution in [2.45, 2.75) is 25.5 Å². The summed E-state index contributed by atoms with van der Waals surface area (Å²) >= 11 is 0. The molecule has 0 bridgehead atoms. The van der Waals surface area contributed by atoms with Crippen molar-refractivity contribution >= 4 is 5.97 Å². The standard InChI is InChI=1S/C11H14N2O3/c1-7-2-3-12-10(4-7)16-8-5-9(11(14)15)13-6-8/h2-4,8-9,13H,5-6H2,1H3,(H,14,15). The largest absolute Gasteiger partial charge is 0.480 e. The topological polar surface area (TPSA) is 71.5 Å². The van der Waals surface area contributed by atoms with E-state index in [2.05, 4.69) is 10.3 Å². The molecule has 0 amide bonds. The van der Waals surface area contributed by atoms with E-state index >= 15 is 0 Å². The highest BCUT2D eigenvalue weighted by Gasteiger charge is 2.30. The van der Waals surface area contributed by atoms with E-state index in [1.165, 1.54) is 0 Å². The van der Waals surface area contributed by atoms with Crippen molar-refractivity contribution in [3.05, 3.63) is 23.9 Å². The summed E-state index contributed by atoms with van der Waals surface area (Å²) in [6.07, 6.45) is 2.04. The number of aliphatic carboxylic acids is 1. The Morgan fingerprint density at radius 2 is 2.50 bits per heavy atom. The van der Waals surface area contributed by atoms with E-state index in [-0.39, 0.29) is 6.10 Å². The van der Waals surface area contributed by atoms with E-state index < -0.39 is 12.0 Å². The molecule has 2 atom stereocenters. The molecule has 5 heteroatoms. The van der Waals surface area contributed by atoms with Crippen molar-refractivity contribution in [1.82, 2.24) is 10.3 Å². The Hall–Kier alpha value is -1.62. The van der Waals surface area contributed by atoms with E-state index in [1.807, 2.05) is 19.1 Å². The van der Waals surface area contributed by atoms with Gasteiger partial charge in [0.25, 0.3) is 0 Å². The van der Waals surface area contributed by atoms with Crippen molar-refractivity contribution in [1.29, 1.82) is 0 Å². The first-order chi connectivity index (χ1) is 7.65. The van der Waals surface area contributed by atoms with Crippen LogP contribution in [-0.2, 0) is 4.79 Å². The van der Waals surface area contributed by atoms with Gasteiger partial charge in [0, 0.05) is 25.2 Å². The Bertz CT molecular complexity index is 395. The molecule has 5 nitrogen and oxygen atoms in total. The van der Waals surface area contributed by atoms with Gasteiger partial charge in [0.2, 0.25) is 5.88 Å². The minimum atomic E-state index is -0.830. The van der Waals surface area contributed by atoms with Gasteiger partial charge in [-0.25, -0.2) is 4.98 Å². The van der Waals surface area contributed by atoms with Crippen LogP contribution in [0.3, 0.4) is 0 Å². The van der Waals surface area contributed by atoms with Gasteiger partial charge in [0.15, 0.2) is 0 Å². The molecule has 0 spiro atoms. The highest BCUT2D eigenvalue weighted by molar-refractivity contribution is 5.73. The van der Waals surface area contributed by atoms with E-state index in [0.717, 1.165) is 5.56 Å². The molecule has 86 valence electrons. The Balaban J connectivity index is 1.94. The van der Waals surface area contributed by atoms with Gasteiger partial charge < -0.3 is 15.2 Å². The number of pyridine rings is 1. The number of carboxylic acids is 1. The average molecular weight is 222 g/mol. The van der Waals surface area contributed by atoms with Gasteiger partial charge in [-0.3, -0.25) is 4.79 Å². The molecule has 2 rings (SSSR count). The summed E-state index contributed by atoms with van der Waals surface area (Å²) in [5.74, 6) is -0.277. The number of aromatic nitrogens is 1. The molecule has 16 heavy (non-hydrogen) atoms. The maximum atomic E-state index is 10.7. The zero-order chi connectivity index (χ0) is 11.5. The Morgan fingerprint density at radius 3 is 3.12 bits per heavy atom. The van der Waals surface area contributed by atoms with Crippen LogP contribution in [0.25, 0.3) is 0 Å². The summed E-state index contributed by atoms with van der Waals surface area (Å²) in [7, 11) is 0. The molecule has 1 aliphatic rings. The second-order valence-electron chi connectivity index (χ2n) is 3.95. The maximum Gasteiger partial charge on any atom is 0.320 e. The predicted molar refractivity (Wildman–Crippen MR) is 57.4 cm³/mol. The first-order valence-corrected chi connectivity index (χ1v) is 5.20. The average Bonchev–Trinajstić information content (AvgIpc) is 2.66. The van der Waals surface area contributed by atoms with Crippen LogP contribution in [0, 0.1) is 6.92 Å². The number of rotatable bonds is 3. The van der Waals surface area contributed by atoms with Crippen LogP contribution in [0.4, 0.5) is 0 Å². The smallest absolute Gasteiger partial charge is 0.320 e. The molecule has 1 aromatic rings. The number of ether oxygens (including phenoxy) is 1. The maximum absolute atomic E-state index is 10.7. The lowest BCUT2D eigenvalue weighted by atomic mass is 10.2. The fraction of sp³-hybridized carbons (Fsp3) is 0.455. The van der Waals surface area contributed by atoms with Gasteiger partial charge in [-0.05, 0) is 18.6 Å². The van der Waals surface area contributed by atoms with Crippen LogP contribution in [0.1, 0.15) is 12.0 Å². The highest BCUT2D eigenvalue weighted by Crippen LogP contribution is 2.15. The number of nitrogens with one attached hydrogen (secondary N) is 1. The third-order valence-electron chi connectivity index (χ3n) is 2.57. The van der Waals surface area contributed by atoms with Crippen LogP contribution in [0.5, 0.6) is 5.88 Å². The molecule has 1 aromatic heterocycles. The molecule has 1 saturated heterocycles. The first kappa shape index (κ1) is 10.9. The van der Waals surface area contributed by atoms with Crippen molar-refractivity contribution in [2.24, 2.45) is 0 Å². The number of hydrogen-bond donors (Lipinski definition) is 2. The van der Waals surface area contributed by atoms with Crippen LogP contribution >= 0.6 is 0 Å². The number of hydrogen-bond acceptors (Lipinski definition) is 4. The highest BCUT2D eigenvalue weighted by atomic mass is 16.5. The molecule has 1 fully saturated rings. The normalized spacial score (nSPS) is 24.3. The number of carboxylic acid groups (broad SMARTS) is 1. The van der Waals surface area contributed by atoms with Gasteiger partial charge in [-0.2, -0.15) is 0 Å². The third kappa shape index (κ3) is 2.49. The molecular weight excluding hydrogens is 208 g/mol. The SMILES string of the molecule is Cc1ccnc(OC2CNC(C(=O)O)C2)c1. The van der Waals surface area contributed by atoms with Crippen LogP contribution in [0.15, 0.2) is 18.3 Å². The van der Waals surface area contributed by atoms with Crippen LogP contribution in [0.2, 0.25) is 0 Å². The molecule has 0 radical (unpaired) electrons. The summed E-state index contributed by atoms with van der Waals surface area (Å²) in [6.45, 7) is 2.51. The molecule has 0 aromatic carbocycles. The van der Waals surface area contributed by atoms with E-state index in [9.17, 15) is 4.79 Å². The molecule has 1 aliphatic heterocycles. The fourth-order valence-electron chi connectivity index (χ4n) is 1.72. The first-order valence-electron chi connectivity index (χ1n) is 5.20. The van der Waals surface area contributed by atoms with Crippen molar-refractivity contribution < 1.29 is 14.6 Å². The number of nitrogens with zero attached hydrogens (tertiary/aromatic N) is 1. The van der Waals surface area contributed by atoms with Gasteiger partial charge >= 0.3 is 5.97 Å². The molecule has 2 N–H and O–H groups in total. The zero-order valence-corrected chi connectivity index (χ0v) is 9.01. The summed E-state index contributed by atoms with van der Waals surface area (Å²) in [5.41, 5.74) is 1.07. The zero-order valence-electron chi connectivity index (χ0n) is 9.01. The van der Waals surface area contributed by atoms with Gasteiger partial charge in [0.1, 0.15) is 12.1 Å². The lowest BCUT2D eigenvalue weighted by molar-refractivity contribution is -0.139. The second kappa shape index (κ2) is 4.49. The fourth-order valence-corrected chi connectivity index (χ4v) is 1.72. The molecule has 0 saturated carbocycles. The predicted octanol–water partition coefficient (Wildman–Crippen LogP) is 0.584. The van der Waals surface area contributed by atoms with Crippen LogP contribution < -0.4 is 10.1 Å². The van der Waals surface area contributed by atoms with E-state index in [0.29, 0.717) is 18.8 Å². The lowest BCUT2D eigenvalue weighted by Crippen LogP contribution is -2.30. The molecule has 2 unspecified atom stereocenters. The molecule has 0 aliphatic carbocycles. The van der Waals surface area contributed by atoms with Gasteiger partial charge in [-0.15, -0.1) is 0 Å². The summed E-state index contributed by atoms with van der Waals surface area (Å²) < 4.78 is 5.60. The number of carbonyl (C=O) groups is 1. The van der Waals surface area contributed by atoms with Crippen molar-refractivity contribution in [3.63, 3.8) is 0 Å². The van der Waals surface area contributed by atoms with Crippen molar-refractivity contribution in [2.75, 3.05) is 6.54 Å². The monoisotopic (exact) mass is 222 g/mol. The second-order valence-corrected chi connectivity index (χ2v) is 3.95. The van der Waals surface area contributed by atoms with Gasteiger partial charge in [-0.1, -0.05) is 0 Å². The lowest BCUT2D eigenvalue weighted by Gasteiger charge is -2.11. The summed E-state index contributed by atoms with van der Waals surface area (Å²) in [5, 5.41) is 11.7. The summed E-state index contributed by atoms with van der Waals surface area (Å²) in [4.78, 5) is 14.8. The quantitative estimate of drug-likeness (QED) is 0.783. The third-order valence-corrected chi connectivity index (χ3v) is 2.57. The van der Waals surface area contributed by atoms with E-state index in [1.54, 1.807) is 6.20 Å². The Labute approximate surface area is 93.5 Å². The Kier molecular flexibility index (Phi) is 3.05. The molecule has 2 heterocycles.